The molecule has 0 saturated heterocycles. The average Bonchev–Trinajstić information content (AvgIpc) is 2.17. The Morgan fingerprint density at radius 2 is 1.75 bits per heavy atom. The third-order valence-corrected chi connectivity index (χ3v) is 2.41. The van der Waals surface area contributed by atoms with Crippen molar-refractivity contribution in [3.8, 4) is 0 Å². The van der Waals surface area contributed by atoms with Crippen LogP contribution in [0.1, 0.15) is 46.0 Å². The van der Waals surface area contributed by atoms with E-state index in [4.69, 9.17) is 9.47 Å². The van der Waals surface area contributed by atoms with Gasteiger partial charge in [-0.3, -0.25) is 4.79 Å². The van der Waals surface area contributed by atoms with Crippen molar-refractivity contribution in [2.75, 3.05) is 0 Å². The van der Waals surface area contributed by atoms with Crippen LogP contribution in [0, 0.1) is 0 Å². The molecule has 0 aromatic carbocycles. The number of carbonyl (C=O) groups is 2. The molecular weight excluding hydrogens is 212 g/mol. The van der Waals surface area contributed by atoms with Gasteiger partial charge in [0.25, 0.3) is 0 Å². The number of hydrogen-bond donors (Lipinski definition) is 0. The maximum atomic E-state index is 11.3. The van der Waals surface area contributed by atoms with Gasteiger partial charge in [-0.05, 0) is 25.7 Å². The van der Waals surface area contributed by atoms with Gasteiger partial charge in [-0.2, -0.15) is 0 Å². The molecule has 1 rings (SSSR count). The molecular formula is C11H18O5. The molecule has 16 heavy (non-hydrogen) atoms. The second-order valence-electron chi connectivity index (χ2n) is 3.92. The Kier molecular flexibility index (Phi) is 5.08. The zero-order valence-electron chi connectivity index (χ0n) is 9.73. The largest absolute Gasteiger partial charge is 0.511 e. The molecule has 1 saturated carbocycles. The highest BCUT2D eigenvalue weighted by Gasteiger charge is 2.20. The lowest BCUT2D eigenvalue weighted by molar-refractivity contribution is -0.166. The van der Waals surface area contributed by atoms with Crippen LogP contribution in [0.4, 0.5) is 4.79 Å². The Morgan fingerprint density at radius 1 is 1.12 bits per heavy atom. The van der Waals surface area contributed by atoms with Crippen LogP contribution in [0.15, 0.2) is 0 Å². The van der Waals surface area contributed by atoms with Crippen LogP contribution in [0.3, 0.4) is 0 Å². The molecule has 1 atom stereocenters. The second-order valence-corrected chi connectivity index (χ2v) is 3.92. The fraction of sp³-hybridized carbons (Fsp3) is 0.818. The second kappa shape index (κ2) is 6.35. The molecule has 0 radical (unpaired) electrons. The molecule has 1 aliphatic rings. The Balaban J connectivity index is 2.21. The van der Waals surface area contributed by atoms with Gasteiger partial charge >= 0.3 is 12.1 Å². The summed E-state index contributed by atoms with van der Waals surface area (Å²) in [5.41, 5.74) is 0. The van der Waals surface area contributed by atoms with E-state index >= 15 is 0 Å². The molecule has 0 aromatic rings. The smallest absolute Gasteiger partial charge is 0.431 e. The van der Waals surface area contributed by atoms with Crippen molar-refractivity contribution in [2.45, 2.75) is 58.3 Å². The van der Waals surface area contributed by atoms with Gasteiger partial charge in [0, 0.05) is 13.8 Å². The molecule has 92 valence electrons. The van der Waals surface area contributed by atoms with E-state index in [9.17, 15) is 9.59 Å². The lowest BCUT2D eigenvalue weighted by atomic mass is 9.98. The van der Waals surface area contributed by atoms with Crippen molar-refractivity contribution in [1.29, 1.82) is 0 Å². The van der Waals surface area contributed by atoms with E-state index in [1.807, 2.05) is 0 Å². The zero-order chi connectivity index (χ0) is 12.0. The molecule has 5 nitrogen and oxygen atoms in total. The number of ether oxygens (including phenoxy) is 3. The van der Waals surface area contributed by atoms with Crippen LogP contribution in [0.25, 0.3) is 0 Å². The summed E-state index contributed by atoms with van der Waals surface area (Å²) >= 11 is 0. The maximum absolute atomic E-state index is 11.3. The van der Waals surface area contributed by atoms with Gasteiger partial charge in [-0.15, -0.1) is 0 Å². The highest BCUT2D eigenvalue weighted by atomic mass is 16.8. The highest BCUT2D eigenvalue weighted by molar-refractivity contribution is 5.66. The van der Waals surface area contributed by atoms with Gasteiger partial charge in [0.2, 0.25) is 6.29 Å². The molecule has 5 heteroatoms. The van der Waals surface area contributed by atoms with Crippen molar-refractivity contribution in [1.82, 2.24) is 0 Å². The van der Waals surface area contributed by atoms with Crippen molar-refractivity contribution in [3.63, 3.8) is 0 Å². The van der Waals surface area contributed by atoms with Crippen molar-refractivity contribution >= 4 is 12.1 Å². The van der Waals surface area contributed by atoms with E-state index in [-0.39, 0.29) is 6.10 Å². The summed E-state index contributed by atoms with van der Waals surface area (Å²) in [6.07, 6.45) is 3.42. The fourth-order valence-electron chi connectivity index (χ4n) is 1.74. The van der Waals surface area contributed by atoms with Gasteiger partial charge in [0.05, 0.1) is 0 Å². The van der Waals surface area contributed by atoms with Crippen molar-refractivity contribution in [2.24, 2.45) is 0 Å². The SMILES string of the molecule is CC(=O)OC(C)OC(=O)OC1CCCCC1. The van der Waals surface area contributed by atoms with E-state index in [2.05, 4.69) is 4.74 Å². The van der Waals surface area contributed by atoms with E-state index in [1.54, 1.807) is 0 Å². The Bertz CT molecular complexity index is 245. The maximum Gasteiger partial charge on any atom is 0.511 e. The minimum Gasteiger partial charge on any atom is -0.431 e. The minimum absolute atomic E-state index is 0.0502. The standard InChI is InChI=1S/C11H18O5/c1-8(12)14-9(2)15-11(13)16-10-6-4-3-5-7-10/h9-10H,3-7H2,1-2H3. The molecule has 1 fully saturated rings. The first-order valence-corrected chi connectivity index (χ1v) is 5.62. The minimum atomic E-state index is -0.895. The third kappa shape index (κ3) is 5.00. The molecule has 0 aromatic heterocycles. The molecule has 0 heterocycles. The first-order valence-electron chi connectivity index (χ1n) is 5.62. The van der Waals surface area contributed by atoms with Crippen LogP contribution in [-0.4, -0.2) is 24.5 Å². The summed E-state index contributed by atoms with van der Waals surface area (Å²) in [4.78, 5) is 21.8. The first kappa shape index (κ1) is 12.8. The summed E-state index contributed by atoms with van der Waals surface area (Å²) in [6, 6.07) is 0. The van der Waals surface area contributed by atoms with Crippen molar-refractivity contribution < 1.29 is 23.8 Å². The number of hydrogen-bond acceptors (Lipinski definition) is 5. The van der Waals surface area contributed by atoms with Gasteiger partial charge in [-0.1, -0.05) is 6.42 Å². The Hall–Kier alpha value is -1.26. The predicted molar refractivity (Wildman–Crippen MR) is 55.7 cm³/mol. The number of carbonyl (C=O) groups excluding carboxylic acids is 2. The lowest BCUT2D eigenvalue weighted by Gasteiger charge is -2.22. The molecule has 0 bridgehead atoms. The van der Waals surface area contributed by atoms with Crippen LogP contribution in [0.5, 0.6) is 0 Å². The van der Waals surface area contributed by atoms with Crippen molar-refractivity contribution in [3.05, 3.63) is 0 Å². The average molecular weight is 230 g/mol. The number of esters is 1. The third-order valence-electron chi connectivity index (χ3n) is 2.41. The summed E-state index contributed by atoms with van der Waals surface area (Å²) in [5, 5.41) is 0. The molecule has 0 spiro atoms. The summed E-state index contributed by atoms with van der Waals surface area (Å²) in [7, 11) is 0. The lowest BCUT2D eigenvalue weighted by Crippen LogP contribution is -2.26. The fourth-order valence-corrected chi connectivity index (χ4v) is 1.74. The van der Waals surface area contributed by atoms with Gasteiger partial charge in [-0.25, -0.2) is 4.79 Å². The summed E-state index contributed by atoms with van der Waals surface area (Å²) in [5.74, 6) is -0.488. The van der Waals surface area contributed by atoms with E-state index in [1.165, 1.54) is 20.3 Å². The van der Waals surface area contributed by atoms with Crippen LogP contribution in [-0.2, 0) is 19.0 Å². The topological polar surface area (TPSA) is 61.8 Å². The van der Waals surface area contributed by atoms with Gasteiger partial charge < -0.3 is 14.2 Å². The van der Waals surface area contributed by atoms with Gasteiger partial charge in [0.1, 0.15) is 6.10 Å². The zero-order valence-corrected chi connectivity index (χ0v) is 9.73. The molecule has 0 N–H and O–H groups in total. The monoisotopic (exact) mass is 230 g/mol. The normalized spacial score (nSPS) is 18.6. The highest BCUT2D eigenvalue weighted by Crippen LogP contribution is 2.20. The van der Waals surface area contributed by atoms with E-state index in [0.717, 1.165) is 25.7 Å². The number of rotatable bonds is 3. The summed E-state index contributed by atoms with van der Waals surface area (Å²) < 4.78 is 14.5. The molecule has 0 amide bonds. The summed E-state index contributed by atoms with van der Waals surface area (Å²) in [6.45, 7) is 2.73. The Labute approximate surface area is 95.0 Å². The molecule has 1 unspecified atom stereocenters. The van der Waals surface area contributed by atoms with Crippen LogP contribution < -0.4 is 0 Å². The van der Waals surface area contributed by atoms with E-state index in [0.29, 0.717) is 0 Å². The van der Waals surface area contributed by atoms with E-state index < -0.39 is 18.4 Å². The van der Waals surface area contributed by atoms with Crippen LogP contribution >= 0.6 is 0 Å². The predicted octanol–water partition coefficient (Wildman–Crippen LogP) is 2.38. The molecule has 1 aliphatic carbocycles. The van der Waals surface area contributed by atoms with Crippen LogP contribution in [0.2, 0.25) is 0 Å². The quantitative estimate of drug-likeness (QED) is 0.550. The first-order chi connectivity index (χ1) is 7.58. The Morgan fingerprint density at radius 3 is 2.31 bits per heavy atom. The molecule has 0 aliphatic heterocycles. The van der Waals surface area contributed by atoms with Gasteiger partial charge in [0.15, 0.2) is 0 Å².